The monoisotopic (exact) mass is 462 g/mol. The van der Waals surface area contributed by atoms with Crippen LogP contribution in [-0.4, -0.2) is 67.9 Å². The zero-order valence-corrected chi connectivity index (χ0v) is 18.6. The van der Waals surface area contributed by atoms with E-state index in [1.165, 1.54) is 6.92 Å². The van der Waals surface area contributed by atoms with Gasteiger partial charge in [-0.3, -0.25) is 9.59 Å². The van der Waals surface area contributed by atoms with Gasteiger partial charge in [0.25, 0.3) is 0 Å². The minimum atomic E-state index is -1.59. The summed E-state index contributed by atoms with van der Waals surface area (Å²) in [6.07, 6.45) is -5.25. The number of nitrogens with two attached hydrogens (primary N) is 2. The Bertz CT molecular complexity index is 833. The summed E-state index contributed by atoms with van der Waals surface area (Å²) in [6.45, 7) is 1.28. The highest BCUT2D eigenvalue weighted by atomic mass is 16.4. The van der Waals surface area contributed by atoms with Crippen molar-refractivity contribution >= 4 is 11.9 Å². The van der Waals surface area contributed by atoms with Gasteiger partial charge < -0.3 is 37.0 Å². The lowest BCUT2D eigenvalue weighted by Gasteiger charge is -2.26. The first kappa shape index (κ1) is 28.2. The number of hydrogen-bond donors (Lipinski definition) is 7. The minimum absolute atomic E-state index is 0.213. The van der Waals surface area contributed by atoms with Crippen LogP contribution in [0.25, 0.3) is 0 Å². The zero-order valence-electron chi connectivity index (χ0n) is 18.6. The molecule has 1 unspecified atom stereocenters. The van der Waals surface area contributed by atoms with E-state index in [4.69, 9.17) is 11.5 Å². The quantitative estimate of drug-likeness (QED) is 0.239. The highest BCUT2D eigenvalue weighted by Gasteiger charge is 2.31. The molecule has 0 radical (unpaired) electrons. The molecule has 1 amide bonds. The Morgan fingerprint density at radius 1 is 0.818 bits per heavy atom. The zero-order chi connectivity index (χ0) is 25.0. The summed E-state index contributed by atoms with van der Waals surface area (Å²) in [6, 6.07) is 17.9. The molecule has 182 valence electrons. The maximum atomic E-state index is 11.3. The molecule has 2 aromatic carbocycles. The van der Waals surface area contributed by atoms with E-state index in [2.05, 4.69) is 0 Å². The van der Waals surface area contributed by atoms with Crippen LogP contribution in [0.2, 0.25) is 0 Å². The number of aliphatic hydroxyl groups excluding tert-OH is 4. The van der Waals surface area contributed by atoms with E-state index in [0.717, 1.165) is 11.1 Å². The lowest BCUT2D eigenvalue weighted by molar-refractivity contribution is -0.145. The number of carboxylic acid groups (broad SMARTS) is 1. The molecular weight excluding hydrogens is 428 g/mol. The molecule has 6 atom stereocenters. The Balaban J connectivity index is 0.000000383. The number of carboxylic acids is 1. The Hall–Kier alpha value is -2.82. The van der Waals surface area contributed by atoms with Gasteiger partial charge in [-0.25, -0.2) is 0 Å². The second-order valence-corrected chi connectivity index (χ2v) is 7.95. The number of aliphatic hydroxyl groups is 4. The van der Waals surface area contributed by atoms with Crippen molar-refractivity contribution in [3.8, 4) is 0 Å². The molecule has 0 aromatic heterocycles. The predicted octanol–water partition coefficient (Wildman–Crippen LogP) is -0.175. The smallest absolute Gasteiger partial charge is 0.306 e. The molecule has 0 saturated carbocycles. The van der Waals surface area contributed by atoms with Crippen LogP contribution in [0.1, 0.15) is 24.5 Å². The van der Waals surface area contributed by atoms with Crippen molar-refractivity contribution in [3.05, 3.63) is 71.8 Å². The molecule has 2 aromatic rings. The highest BCUT2D eigenvalue weighted by Crippen LogP contribution is 2.18. The number of carbonyl (C=O) groups is 2. The predicted molar refractivity (Wildman–Crippen MR) is 123 cm³/mol. The fourth-order valence-electron chi connectivity index (χ4n) is 3.08. The van der Waals surface area contributed by atoms with Gasteiger partial charge in [0, 0.05) is 0 Å². The second kappa shape index (κ2) is 14.4. The van der Waals surface area contributed by atoms with Gasteiger partial charge in [0.05, 0.1) is 24.2 Å². The molecule has 0 bridgehead atoms. The van der Waals surface area contributed by atoms with Crippen LogP contribution in [0.15, 0.2) is 60.7 Å². The van der Waals surface area contributed by atoms with E-state index in [0.29, 0.717) is 6.42 Å². The van der Waals surface area contributed by atoms with E-state index in [1.807, 2.05) is 36.4 Å². The Morgan fingerprint density at radius 2 is 1.27 bits per heavy atom. The normalized spacial score (nSPS) is 16.3. The fourth-order valence-corrected chi connectivity index (χ4v) is 3.08. The fraction of sp³-hybridized carbons (Fsp3) is 0.417. The summed E-state index contributed by atoms with van der Waals surface area (Å²) in [5, 5.41) is 47.4. The molecule has 2 rings (SSSR count). The first-order valence-electron chi connectivity index (χ1n) is 10.6. The van der Waals surface area contributed by atoms with Gasteiger partial charge in [0.1, 0.15) is 12.2 Å². The lowest BCUT2D eigenvalue weighted by atomic mass is 9.90. The number of amides is 1. The molecule has 33 heavy (non-hydrogen) atoms. The molecule has 9 heteroatoms. The van der Waals surface area contributed by atoms with Crippen LogP contribution < -0.4 is 11.5 Å². The molecule has 0 aliphatic heterocycles. The molecule has 0 heterocycles. The number of benzene rings is 2. The van der Waals surface area contributed by atoms with Crippen LogP contribution in [0.5, 0.6) is 0 Å². The van der Waals surface area contributed by atoms with E-state index in [1.54, 1.807) is 24.3 Å². The topological polar surface area (TPSA) is 187 Å². The minimum Gasteiger partial charge on any atom is -0.481 e. The molecule has 0 fully saturated rings. The van der Waals surface area contributed by atoms with E-state index >= 15 is 0 Å². The molecule has 0 aliphatic carbocycles. The Morgan fingerprint density at radius 3 is 1.67 bits per heavy atom. The largest absolute Gasteiger partial charge is 0.481 e. The van der Waals surface area contributed by atoms with E-state index < -0.39 is 48.3 Å². The first-order valence-corrected chi connectivity index (χ1v) is 10.6. The average Bonchev–Trinajstić information content (AvgIpc) is 2.79. The van der Waals surface area contributed by atoms with Gasteiger partial charge in [0.15, 0.2) is 0 Å². The summed E-state index contributed by atoms with van der Waals surface area (Å²) in [4.78, 5) is 21.9. The Labute approximate surface area is 193 Å². The van der Waals surface area contributed by atoms with Crippen molar-refractivity contribution in [3.63, 3.8) is 0 Å². The van der Waals surface area contributed by atoms with Crippen molar-refractivity contribution in [1.29, 1.82) is 0 Å². The van der Waals surface area contributed by atoms with E-state index in [-0.39, 0.29) is 12.8 Å². The summed E-state index contributed by atoms with van der Waals surface area (Å²) in [5.74, 6) is -2.44. The number of rotatable bonds is 11. The van der Waals surface area contributed by atoms with Gasteiger partial charge in [-0.05, 0) is 37.3 Å². The second-order valence-electron chi connectivity index (χ2n) is 7.95. The average molecular weight is 463 g/mol. The number of primary amides is 1. The van der Waals surface area contributed by atoms with Crippen molar-refractivity contribution in [2.75, 3.05) is 0 Å². The lowest BCUT2D eigenvalue weighted by Crippen LogP contribution is -2.44. The van der Waals surface area contributed by atoms with Crippen LogP contribution >= 0.6 is 0 Å². The summed E-state index contributed by atoms with van der Waals surface area (Å²) in [5.41, 5.74) is 12.3. The Kier molecular flexibility index (Phi) is 12.3. The van der Waals surface area contributed by atoms with Crippen molar-refractivity contribution < 1.29 is 35.1 Å². The van der Waals surface area contributed by atoms with Crippen LogP contribution in [-0.2, 0) is 22.4 Å². The number of carbonyl (C=O) groups excluding carboxylic acids is 1. The molecule has 0 saturated heterocycles. The number of aliphatic carboxylic acids is 1. The third-order valence-electron chi connectivity index (χ3n) is 5.10. The molecule has 9 nitrogen and oxygen atoms in total. The molecule has 0 spiro atoms. The first-order chi connectivity index (χ1) is 15.5. The third kappa shape index (κ3) is 10.6. The van der Waals surface area contributed by atoms with Gasteiger partial charge in [-0.15, -0.1) is 0 Å². The van der Waals surface area contributed by atoms with Gasteiger partial charge >= 0.3 is 5.97 Å². The maximum Gasteiger partial charge on any atom is 0.306 e. The van der Waals surface area contributed by atoms with E-state index in [9.17, 15) is 35.1 Å². The third-order valence-corrected chi connectivity index (χ3v) is 5.10. The highest BCUT2D eigenvalue weighted by molar-refractivity contribution is 5.79. The molecular formula is C24H34N2O7. The van der Waals surface area contributed by atoms with Crippen LogP contribution in [0, 0.1) is 5.92 Å². The summed E-state index contributed by atoms with van der Waals surface area (Å²) >= 11 is 0. The summed E-state index contributed by atoms with van der Waals surface area (Å²) in [7, 11) is 0. The number of hydrogen-bond acceptors (Lipinski definition) is 7. The van der Waals surface area contributed by atoms with Crippen molar-refractivity contribution in [1.82, 2.24) is 0 Å². The van der Waals surface area contributed by atoms with Crippen molar-refractivity contribution in [2.45, 2.75) is 56.6 Å². The van der Waals surface area contributed by atoms with Crippen LogP contribution in [0.4, 0.5) is 0 Å². The standard InChI is InChI=1S/C15H22O6.C9H12N2O/c1-9(16)13(18)14(19)12(17)8-11(15(20)21)7-10-5-3-2-4-6-10;10-8(9(11)12)6-7-4-2-1-3-5-7/h2-6,9,11-14,16-19H,7-8H2,1H3,(H,20,21);1-5,8H,6,10H2,(H2,11,12)/t9-,11?,12+,13+,14-;8-/m00/s1. The van der Waals surface area contributed by atoms with Gasteiger partial charge in [0.2, 0.25) is 5.91 Å². The van der Waals surface area contributed by atoms with Crippen molar-refractivity contribution in [2.24, 2.45) is 17.4 Å². The maximum absolute atomic E-state index is 11.3. The summed E-state index contributed by atoms with van der Waals surface area (Å²) < 4.78 is 0. The van der Waals surface area contributed by atoms with Gasteiger partial charge in [-0.1, -0.05) is 60.7 Å². The van der Waals surface area contributed by atoms with Gasteiger partial charge in [-0.2, -0.15) is 0 Å². The molecule has 9 N–H and O–H groups in total. The van der Waals surface area contributed by atoms with Crippen LogP contribution in [0.3, 0.4) is 0 Å². The molecule has 0 aliphatic rings. The SMILES string of the molecule is C[C@H](O)[C@@H](O)[C@@H](O)[C@H](O)CC(Cc1ccccc1)C(=O)O.NC(=O)[C@@H](N)Cc1ccccc1.